The quantitative estimate of drug-likeness (QED) is 0.167. The smallest absolute Gasteiger partial charge is 0.247 e. The standard InChI is InChI=1S/C25H35N7O3/c1-7-25(33)31-21-13-20(22(34-6)15-23(21)35-11-10-32(4)5)30-24-14-19(28-16-29-24)17(2)12-18(27-3)8-9-26/h7-9,12-16,24,26-27,30H,1,10-11H2,2-6H3,(H,28,29)(H,31,33)/b17-12+,18-8-,26-9?. The maximum Gasteiger partial charge on any atom is 0.247 e. The first-order valence-corrected chi connectivity index (χ1v) is 11.1. The third-order valence-electron chi connectivity index (χ3n) is 4.96. The number of ether oxygens (including phenoxy) is 2. The van der Waals surface area contributed by atoms with Crippen LogP contribution in [0.1, 0.15) is 6.92 Å². The van der Waals surface area contributed by atoms with Crippen LogP contribution in [0.15, 0.2) is 65.0 Å². The second-order valence-electron chi connectivity index (χ2n) is 7.86. The molecule has 0 saturated carbocycles. The predicted octanol–water partition coefficient (Wildman–Crippen LogP) is 2.71. The summed E-state index contributed by atoms with van der Waals surface area (Å²) in [4.78, 5) is 18.5. The van der Waals surface area contributed by atoms with Gasteiger partial charge < -0.3 is 41.1 Å². The number of carbonyl (C=O) groups is 1. The number of benzene rings is 1. The lowest BCUT2D eigenvalue weighted by molar-refractivity contribution is -0.111. The minimum atomic E-state index is -0.345. The number of nitrogens with zero attached hydrogens (tertiary/aromatic N) is 2. The summed E-state index contributed by atoms with van der Waals surface area (Å²) in [6.45, 7) is 6.63. The van der Waals surface area contributed by atoms with E-state index in [0.717, 1.165) is 17.0 Å². The number of hydrogen-bond donors (Lipinski definition) is 5. The molecule has 2 rings (SSSR count). The molecule has 0 spiro atoms. The van der Waals surface area contributed by atoms with E-state index in [2.05, 4.69) is 32.8 Å². The lowest BCUT2D eigenvalue weighted by Crippen LogP contribution is -2.36. The Hall–Kier alpha value is -4.05. The van der Waals surface area contributed by atoms with Crippen LogP contribution in [0.3, 0.4) is 0 Å². The van der Waals surface area contributed by atoms with Gasteiger partial charge in [0, 0.05) is 31.6 Å². The zero-order chi connectivity index (χ0) is 25.8. The number of amides is 1. The van der Waals surface area contributed by atoms with Gasteiger partial charge in [-0.15, -0.1) is 0 Å². The van der Waals surface area contributed by atoms with Gasteiger partial charge in [-0.05, 0) is 57.0 Å². The van der Waals surface area contributed by atoms with E-state index in [1.807, 2.05) is 38.1 Å². The van der Waals surface area contributed by atoms with Crippen molar-refractivity contribution in [3.8, 4) is 11.5 Å². The second-order valence-corrected chi connectivity index (χ2v) is 7.86. The molecule has 1 aliphatic rings. The van der Waals surface area contributed by atoms with Crippen molar-refractivity contribution in [3.63, 3.8) is 0 Å². The predicted molar refractivity (Wildman–Crippen MR) is 143 cm³/mol. The van der Waals surface area contributed by atoms with E-state index in [0.29, 0.717) is 36.0 Å². The number of allylic oxidation sites excluding steroid dienone is 3. The minimum Gasteiger partial charge on any atom is -0.494 e. The van der Waals surface area contributed by atoms with Crippen molar-refractivity contribution in [2.24, 2.45) is 4.99 Å². The third-order valence-corrected chi connectivity index (χ3v) is 4.96. The number of carbonyl (C=O) groups excluding carboxylic acids is 1. The van der Waals surface area contributed by atoms with Crippen LogP contribution in [0.5, 0.6) is 11.5 Å². The molecule has 1 atom stereocenters. The van der Waals surface area contributed by atoms with Crippen LogP contribution in [0.25, 0.3) is 0 Å². The molecule has 1 heterocycles. The summed E-state index contributed by atoms with van der Waals surface area (Å²) in [6.07, 6.45) is 9.27. The zero-order valence-corrected chi connectivity index (χ0v) is 20.9. The first-order valence-electron chi connectivity index (χ1n) is 11.1. The highest BCUT2D eigenvalue weighted by molar-refractivity contribution is 6.00. The van der Waals surface area contributed by atoms with Crippen LogP contribution >= 0.6 is 0 Å². The van der Waals surface area contributed by atoms with Crippen molar-refractivity contribution < 1.29 is 14.3 Å². The molecule has 0 radical (unpaired) electrons. The molecule has 10 nitrogen and oxygen atoms in total. The number of aliphatic imine (C=N–C) groups is 1. The number of nitrogens with one attached hydrogen (secondary N) is 5. The molecule has 0 fully saturated rings. The van der Waals surface area contributed by atoms with E-state index in [4.69, 9.17) is 14.9 Å². The molecule has 1 aromatic carbocycles. The molecule has 188 valence electrons. The summed E-state index contributed by atoms with van der Waals surface area (Å²) >= 11 is 0. The molecule has 10 heteroatoms. The van der Waals surface area contributed by atoms with Gasteiger partial charge in [-0.25, -0.2) is 4.99 Å². The molecule has 1 amide bonds. The summed E-state index contributed by atoms with van der Waals surface area (Å²) in [7, 11) is 7.29. The van der Waals surface area contributed by atoms with E-state index in [1.54, 1.807) is 38.7 Å². The molecule has 1 aliphatic heterocycles. The number of anilines is 2. The fraction of sp³-hybridized carbons (Fsp3) is 0.320. The topological polar surface area (TPSA) is 123 Å². The van der Waals surface area contributed by atoms with Gasteiger partial charge in [0.2, 0.25) is 5.91 Å². The first-order chi connectivity index (χ1) is 16.8. The fourth-order valence-electron chi connectivity index (χ4n) is 3.10. The SMILES string of the molecule is C=CC(=O)Nc1cc(NC2C=C(/C(C)=C/C(=C/C=N)NC)N=CN2)c(OC)cc1OCCN(C)C. The van der Waals surface area contributed by atoms with Gasteiger partial charge in [0.25, 0.3) is 0 Å². The largest absolute Gasteiger partial charge is 0.494 e. The Morgan fingerprint density at radius 3 is 2.71 bits per heavy atom. The average Bonchev–Trinajstić information content (AvgIpc) is 2.84. The summed E-state index contributed by atoms with van der Waals surface area (Å²) < 4.78 is 11.5. The van der Waals surface area contributed by atoms with Crippen molar-refractivity contribution in [2.75, 3.05) is 52.0 Å². The molecule has 35 heavy (non-hydrogen) atoms. The lowest BCUT2D eigenvalue weighted by Gasteiger charge is -2.24. The van der Waals surface area contributed by atoms with Crippen molar-refractivity contribution in [1.29, 1.82) is 5.41 Å². The molecule has 5 N–H and O–H groups in total. The molecule has 0 aromatic heterocycles. The van der Waals surface area contributed by atoms with Crippen LogP contribution in [-0.4, -0.2) is 70.9 Å². The third kappa shape index (κ3) is 8.35. The Balaban J connectivity index is 2.34. The summed E-state index contributed by atoms with van der Waals surface area (Å²) in [5, 5.41) is 19.6. The van der Waals surface area contributed by atoms with Crippen LogP contribution in [0.2, 0.25) is 0 Å². The Kier molecular flexibility index (Phi) is 10.6. The monoisotopic (exact) mass is 481 g/mol. The maximum absolute atomic E-state index is 12.0. The molecular formula is C25H35N7O3. The molecule has 0 aliphatic carbocycles. The highest BCUT2D eigenvalue weighted by Gasteiger charge is 2.17. The van der Waals surface area contributed by atoms with E-state index < -0.39 is 0 Å². The highest BCUT2D eigenvalue weighted by Crippen LogP contribution is 2.37. The first kappa shape index (κ1) is 27.2. The van der Waals surface area contributed by atoms with Crippen LogP contribution in [0.4, 0.5) is 11.4 Å². The van der Waals surface area contributed by atoms with Crippen molar-refractivity contribution in [1.82, 2.24) is 15.5 Å². The minimum absolute atomic E-state index is 0.298. The van der Waals surface area contributed by atoms with Crippen LogP contribution in [0, 0.1) is 5.41 Å². The number of likely N-dealkylation sites (N-methyl/N-ethyl adjacent to an activating group) is 2. The van der Waals surface area contributed by atoms with Gasteiger partial charge >= 0.3 is 0 Å². The number of hydrogen-bond acceptors (Lipinski definition) is 9. The summed E-state index contributed by atoms with van der Waals surface area (Å²) in [6, 6.07) is 3.51. The van der Waals surface area contributed by atoms with Crippen molar-refractivity contribution in [3.05, 3.63) is 60.0 Å². The summed E-state index contributed by atoms with van der Waals surface area (Å²) in [5.41, 5.74) is 3.64. The Bertz CT molecular complexity index is 1040. The van der Waals surface area contributed by atoms with Gasteiger partial charge in [-0.2, -0.15) is 0 Å². The van der Waals surface area contributed by atoms with Crippen molar-refractivity contribution >= 4 is 29.8 Å². The highest BCUT2D eigenvalue weighted by atomic mass is 16.5. The second kappa shape index (κ2) is 13.6. The number of methoxy groups -OCH3 is 1. The van der Waals surface area contributed by atoms with Crippen molar-refractivity contribution in [2.45, 2.75) is 13.1 Å². The molecule has 0 bridgehead atoms. The molecular weight excluding hydrogens is 446 g/mol. The zero-order valence-electron chi connectivity index (χ0n) is 20.9. The van der Waals surface area contributed by atoms with Crippen LogP contribution in [-0.2, 0) is 4.79 Å². The molecule has 1 unspecified atom stereocenters. The van der Waals surface area contributed by atoms with Gasteiger partial charge in [0.15, 0.2) is 0 Å². The van der Waals surface area contributed by atoms with Crippen LogP contribution < -0.4 is 30.7 Å². The lowest BCUT2D eigenvalue weighted by atomic mass is 10.1. The average molecular weight is 482 g/mol. The van der Waals surface area contributed by atoms with Gasteiger partial charge in [-0.3, -0.25) is 4.79 Å². The fourth-order valence-corrected chi connectivity index (χ4v) is 3.10. The van der Waals surface area contributed by atoms with E-state index in [9.17, 15) is 4.79 Å². The molecule has 0 saturated heterocycles. The van der Waals surface area contributed by atoms with E-state index >= 15 is 0 Å². The van der Waals surface area contributed by atoms with E-state index in [-0.39, 0.29) is 12.1 Å². The Labute approximate surface area is 207 Å². The molecule has 1 aromatic rings. The van der Waals surface area contributed by atoms with Gasteiger partial charge in [0.1, 0.15) is 24.3 Å². The summed E-state index contributed by atoms with van der Waals surface area (Å²) in [5.74, 6) is 0.706. The van der Waals surface area contributed by atoms with Gasteiger partial charge in [0.05, 0.1) is 30.5 Å². The Morgan fingerprint density at radius 1 is 1.31 bits per heavy atom. The number of rotatable bonds is 13. The van der Waals surface area contributed by atoms with E-state index in [1.165, 1.54) is 12.3 Å². The normalized spacial score (nSPS) is 15.6. The maximum atomic E-state index is 12.0. The van der Waals surface area contributed by atoms with Gasteiger partial charge in [-0.1, -0.05) is 6.58 Å². The Morgan fingerprint density at radius 2 is 2.09 bits per heavy atom.